The van der Waals surface area contributed by atoms with Crippen LogP contribution >= 0.6 is 15.6 Å². The highest BCUT2D eigenvalue weighted by Crippen LogP contribution is 2.45. The standard InChI is InChI=1S/C79H154O17P2/c1-9-72(8)58-50-42-34-25-21-17-14-15-19-23-27-37-45-53-61-78(83)95-74(65-89-76(81)59-51-43-35-26-22-18-13-11-10-12-16-20-24-31-39-47-55-69(2)3)67-93-97(85,86)91-63-73(80)64-92-98(87,88)94-68-75(96-79(84)62-54-46-38-30-33-41-49-57-71(6)7)66-90-77(82)60-52-44-36-29-28-32-40-48-56-70(4)5/h69-75,80H,9-68H2,1-8H3,(H,85,86)(H,87,88)/t72?,73?,74-,75-/m1/s1. The Morgan fingerprint density at radius 3 is 0.724 bits per heavy atom. The number of aliphatic hydroxyl groups excluding tert-OH is 1. The van der Waals surface area contributed by atoms with Gasteiger partial charge in [-0.2, -0.15) is 0 Å². The minimum atomic E-state index is -4.96. The van der Waals surface area contributed by atoms with Crippen LogP contribution in [0.25, 0.3) is 0 Å². The van der Waals surface area contributed by atoms with E-state index in [9.17, 15) is 43.2 Å². The van der Waals surface area contributed by atoms with Crippen molar-refractivity contribution >= 4 is 39.5 Å². The number of hydrogen-bond acceptors (Lipinski definition) is 15. The molecule has 0 aromatic rings. The van der Waals surface area contributed by atoms with Gasteiger partial charge in [-0.15, -0.1) is 0 Å². The van der Waals surface area contributed by atoms with Gasteiger partial charge in [0.2, 0.25) is 0 Å². The maximum Gasteiger partial charge on any atom is 0.472 e. The zero-order chi connectivity index (χ0) is 72.4. The van der Waals surface area contributed by atoms with Crippen LogP contribution in [0.1, 0.15) is 402 Å². The van der Waals surface area contributed by atoms with E-state index in [0.29, 0.717) is 31.6 Å². The maximum atomic E-state index is 13.1. The van der Waals surface area contributed by atoms with Gasteiger partial charge >= 0.3 is 39.5 Å². The van der Waals surface area contributed by atoms with Crippen LogP contribution in [0, 0.1) is 23.7 Å². The number of phosphoric ester groups is 2. The molecule has 0 spiro atoms. The van der Waals surface area contributed by atoms with Gasteiger partial charge in [0.25, 0.3) is 0 Å². The zero-order valence-electron chi connectivity index (χ0n) is 64.4. The number of esters is 4. The molecule has 0 amide bonds. The Labute approximate surface area is 600 Å². The Morgan fingerprint density at radius 1 is 0.286 bits per heavy atom. The molecule has 0 aliphatic rings. The van der Waals surface area contributed by atoms with Gasteiger partial charge in [0, 0.05) is 25.7 Å². The number of phosphoric acid groups is 2. The summed E-state index contributed by atoms with van der Waals surface area (Å²) in [6.45, 7) is 14.2. The Kier molecular flexibility index (Phi) is 66.8. The summed E-state index contributed by atoms with van der Waals surface area (Å²) < 4.78 is 68.6. The molecule has 0 heterocycles. The van der Waals surface area contributed by atoms with Gasteiger partial charge in [0.05, 0.1) is 26.4 Å². The van der Waals surface area contributed by atoms with E-state index in [1.54, 1.807) is 0 Å². The van der Waals surface area contributed by atoms with Crippen LogP contribution in [0.15, 0.2) is 0 Å². The van der Waals surface area contributed by atoms with Crippen LogP contribution < -0.4 is 0 Å². The molecule has 6 atom stereocenters. The van der Waals surface area contributed by atoms with Crippen LogP contribution in [0.5, 0.6) is 0 Å². The Balaban J connectivity index is 5.22. The average Bonchev–Trinajstić information content (AvgIpc) is 1.12. The molecule has 0 aliphatic carbocycles. The predicted octanol–water partition coefficient (Wildman–Crippen LogP) is 23.2. The van der Waals surface area contributed by atoms with Crippen molar-refractivity contribution < 1.29 is 80.2 Å². The number of ether oxygens (including phenoxy) is 4. The molecule has 582 valence electrons. The zero-order valence-corrected chi connectivity index (χ0v) is 66.2. The third-order valence-corrected chi connectivity index (χ3v) is 20.6. The molecular formula is C79H154O17P2. The van der Waals surface area contributed by atoms with Crippen molar-refractivity contribution in [1.82, 2.24) is 0 Å². The molecule has 0 saturated carbocycles. The molecule has 0 aliphatic heterocycles. The topological polar surface area (TPSA) is 237 Å². The maximum absolute atomic E-state index is 13.1. The summed E-state index contributed by atoms with van der Waals surface area (Å²) >= 11 is 0. The fraction of sp³-hybridized carbons (Fsp3) is 0.949. The minimum absolute atomic E-state index is 0.103. The van der Waals surface area contributed by atoms with Crippen molar-refractivity contribution in [3.05, 3.63) is 0 Å². The monoisotopic (exact) mass is 1440 g/mol. The lowest BCUT2D eigenvalue weighted by Gasteiger charge is -2.21. The second-order valence-electron chi connectivity index (χ2n) is 30.1. The molecule has 17 nitrogen and oxygen atoms in total. The molecule has 3 N–H and O–H groups in total. The first-order chi connectivity index (χ1) is 47.1. The summed E-state index contributed by atoms with van der Waals surface area (Å²) in [6, 6.07) is 0. The number of rotatable bonds is 76. The van der Waals surface area contributed by atoms with Crippen molar-refractivity contribution in [3.63, 3.8) is 0 Å². The van der Waals surface area contributed by atoms with Crippen molar-refractivity contribution in [2.45, 2.75) is 420 Å². The van der Waals surface area contributed by atoms with E-state index in [1.165, 1.54) is 205 Å². The third-order valence-electron chi connectivity index (χ3n) is 18.7. The summed E-state index contributed by atoms with van der Waals surface area (Å²) in [4.78, 5) is 72.9. The number of hydrogen-bond donors (Lipinski definition) is 3. The SMILES string of the molecule is CCC(C)CCCCCCCCCCCCCCCCC(=O)O[C@H](COC(=O)CCCCCCCCCCCCCCCCCCC(C)C)COP(=O)(O)OCC(O)COP(=O)(O)OC[C@@H](COC(=O)CCCCCCCCCCC(C)C)OC(=O)CCCCCCCCCC(C)C. The number of carbonyl (C=O) groups excluding carboxylic acids is 4. The third kappa shape index (κ3) is 71.1. The first-order valence-electron chi connectivity index (χ1n) is 40.7. The summed E-state index contributed by atoms with van der Waals surface area (Å²) in [5, 5.41) is 10.6. The van der Waals surface area contributed by atoms with Gasteiger partial charge < -0.3 is 33.8 Å². The van der Waals surface area contributed by atoms with Gasteiger partial charge in [-0.3, -0.25) is 37.3 Å². The van der Waals surface area contributed by atoms with E-state index in [4.69, 9.17) is 37.0 Å². The summed E-state index contributed by atoms with van der Waals surface area (Å²) in [7, 11) is -9.92. The van der Waals surface area contributed by atoms with Gasteiger partial charge in [0.15, 0.2) is 12.2 Å². The second kappa shape index (κ2) is 68.2. The van der Waals surface area contributed by atoms with Gasteiger partial charge in [-0.25, -0.2) is 9.13 Å². The van der Waals surface area contributed by atoms with Gasteiger partial charge in [-0.05, 0) is 49.4 Å². The molecule has 0 bridgehead atoms. The number of carbonyl (C=O) groups is 4. The molecule has 0 aromatic heterocycles. The van der Waals surface area contributed by atoms with Crippen LogP contribution in [-0.4, -0.2) is 96.7 Å². The minimum Gasteiger partial charge on any atom is -0.462 e. The molecule has 0 aromatic carbocycles. The highest BCUT2D eigenvalue weighted by atomic mass is 31.2. The normalized spacial score (nSPS) is 14.3. The number of aliphatic hydroxyl groups is 1. The van der Waals surface area contributed by atoms with Crippen molar-refractivity contribution in [3.8, 4) is 0 Å². The molecule has 0 rings (SSSR count). The molecule has 0 fully saturated rings. The van der Waals surface area contributed by atoms with E-state index in [-0.39, 0.29) is 25.7 Å². The molecule has 19 heteroatoms. The Bertz CT molecular complexity index is 1920. The predicted molar refractivity (Wildman–Crippen MR) is 400 cm³/mol. The first kappa shape index (κ1) is 96.1. The van der Waals surface area contributed by atoms with Crippen molar-refractivity contribution in [2.24, 2.45) is 23.7 Å². The summed E-state index contributed by atoms with van der Waals surface area (Å²) in [5.74, 6) is 0.961. The van der Waals surface area contributed by atoms with E-state index >= 15 is 0 Å². The quantitative estimate of drug-likeness (QED) is 0.0222. The van der Waals surface area contributed by atoms with Crippen LogP contribution in [0.2, 0.25) is 0 Å². The largest absolute Gasteiger partial charge is 0.472 e. The molecular weight excluding hydrogens is 1280 g/mol. The van der Waals surface area contributed by atoms with Gasteiger partial charge in [0.1, 0.15) is 19.3 Å². The Hall–Kier alpha value is -1.94. The molecule has 0 radical (unpaired) electrons. The Morgan fingerprint density at radius 2 is 0.490 bits per heavy atom. The smallest absolute Gasteiger partial charge is 0.462 e. The lowest BCUT2D eigenvalue weighted by Crippen LogP contribution is -2.30. The molecule has 4 unspecified atom stereocenters. The number of unbranched alkanes of at least 4 members (excludes halogenated alkanes) is 41. The molecule has 98 heavy (non-hydrogen) atoms. The lowest BCUT2D eigenvalue weighted by atomic mass is 9.99. The first-order valence-corrected chi connectivity index (χ1v) is 43.7. The highest BCUT2D eigenvalue weighted by molar-refractivity contribution is 7.47. The van der Waals surface area contributed by atoms with E-state index in [2.05, 4.69) is 55.4 Å². The fourth-order valence-electron chi connectivity index (χ4n) is 12.0. The van der Waals surface area contributed by atoms with E-state index < -0.39 is 97.5 Å². The summed E-state index contributed by atoms with van der Waals surface area (Å²) in [5.41, 5.74) is 0. The highest BCUT2D eigenvalue weighted by Gasteiger charge is 2.30. The van der Waals surface area contributed by atoms with Crippen LogP contribution in [0.4, 0.5) is 0 Å². The lowest BCUT2D eigenvalue weighted by molar-refractivity contribution is -0.161. The van der Waals surface area contributed by atoms with E-state index in [0.717, 1.165) is 108 Å². The molecule has 0 saturated heterocycles. The van der Waals surface area contributed by atoms with Crippen molar-refractivity contribution in [2.75, 3.05) is 39.6 Å². The summed E-state index contributed by atoms with van der Waals surface area (Å²) in [6.07, 6.45) is 54.3. The van der Waals surface area contributed by atoms with E-state index in [1.807, 2.05) is 0 Å². The van der Waals surface area contributed by atoms with Crippen LogP contribution in [-0.2, 0) is 65.4 Å². The average molecular weight is 1440 g/mol. The fourth-order valence-corrected chi connectivity index (χ4v) is 13.6. The van der Waals surface area contributed by atoms with Gasteiger partial charge in [-0.1, -0.05) is 351 Å². The van der Waals surface area contributed by atoms with Crippen LogP contribution in [0.3, 0.4) is 0 Å². The van der Waals surface area contributed by atoms with Crippen molar-refractivity contribution in [1.29, 1.82) is 0 Å². The second-order valence-corrected chi connectivity index (χ2v) is 33.0.